The molecule has 0 bridgehead atoms. The standard InChI is InChI=1S/C32H48N2O6/c1-20(2)26(29(35)36)33-25-13-11-12-24(18-25)28(38-19-23-16-14-21(3)15-17-23)27(22(4)39-31(5,6)7)34-30(37)40-32(8,9)10/h11-18,20,22,26-28,33H,19H2,1-10H3,(H,34,37)(H,35,36)/t22?,26-,27-,28?/m0/s1. The highest BCUT2D eigenvalue weighted by Gasteiger charge is 2.35. The fraction of sp³-hybridized carbons (Fsp3) is 0.562. The number of carboxylic acid groups (broad SMARTS) is 1. The minimum atomic E-state index is -0.927. The molecule has 8 heteroatoms. The van der Waals surface area contributed by atoms with Gasteiger partial charge >= 0.3 is 12.1 Å². The zero-order chi connectivity index (χ0) is 30.3. The number of nitrogens with one attached hydrogen (secondary N) is 2. The number of hydrogen-bond donors (Lipinski definition) is 3. The molecular formula is C32H48N2O6. The van der Waals surface area contributed by atoms with Crippen LogP contribution in [-0.2, 0) is 25.6 Å². The van der Waals surface area contributed by atoms with Gasteiger partial charge in [0.15, 0.2) is 0 Å². The van der Waals surface area contributed by atoms with E-state index in [1.54, 1.807) is 0 Å². The van der Waals surface area contributed by atoms with Crippen LogP contribution < -0.4 is 10.6 Å². The summed E-state index contributed by atoms with van der Waals surface area (Å²) in [5.74, 6) is -1.05. The van der Waals surface area contributed by atoms with E-state index in [1.807, 2.05) is 118 Å². The second-order valence-electron chi connectivity index (χ2n) is 12.7. The molecule has 222 valence electrons. The van der Waals surface area contributed by atoms with Gasteiger partial charge in [-0.15, -0.1) is 0 Å². The SMILES string of the molecule is Cc1ccc(COC(c2cccc(N[C@H](C(=O)O)C(C)C)c2)[C@@H](NC(=O)OC(C)(C)C)C(C)OC(C)(C)C)cc1. The Morgan fingerprint density at radius 1 is 0.925 bits per heavy atom. The molecule has 2 rings (SSSR count). The van der Waals surface area contributed by atoms with Crippen molar-refractivity contribution in [2.24, 2.45) is 5.92 Å². The Balaban J connectivity index is 2.53. The molecule has 0 saturated heterocycles. The quantitative estimate of drug-likeness (QED) is 0.262. The van der Waals surface area contributed by atoms with Crippen LogP contribution in [0.2, 0.25) is 0 Å². The van der Waals surface area contributed by atoms with E-state index in [1.165, 1.54) is 0 Å². The zero-order valence-electron chi connectivity index (χ0n) is 25.7. The fourth-order valence-corrected chi connectivity index (χ4v) is 4.29. The Kier molecular flexibility index (Phi) is 11.6. The molecule has 0 saturated carbocycles. The first-order chi connectivity index (χ1) is 18.4. The number of aliphatic carboxylic acids is 1. The number of ether oxygens (including phenoxy) is 3. The number of rotatable bonds is 12. The summed E-state index contributed by atoms with van der Waals surface area (Å²) in [6.45, 7) is 19.2. The number of benzene rings is 2. The topological polar surface area (TPSA) is 106 Å². The van der Waals surface area contributed by atoms with Gasteiger partial charge in [0.1, 0.15) is 17.7 Å². The van der Waals surface area contributed by atoms with Crippen molar-refractivity contribution in [3.63, 3.8) is 0 Å². The molecule has 0 heterocycles. The molecule has 0 aliphatic carbocycles. The fourth-order valence-electron chi connectivity index (χ4n) is 4.29. The van der Waals surface area contributed by atoms with E-state index >= 15 is 0 Å². The summed E-state index contributed by atoms with van der Waals surface area (Å²) in [5, 5.41) is 15.9. The van der Waals surface area contributed by atoms with Gasteiger partial charge in [-0.25, -0.2) is 9.59 Å². The summed E-state index contributed by atoms with van der Waals surface area (Å²) < 4.78 is 18.5. The van der Waals surface area contributed by atoms with Crippen molar-refractivity contribution in [3.8, 4) is 0 Å². The summed E-state index contributed by atoms with van der Waals surface area (Å²) in [4.78, 5) is 24.9. The first-order valence-electron chi connectivity index (χ1n) is 13.9. The summed E-state index contributed by atoms with van der Waals surface area (Å²) in [6.07, 6.45) is -1.68. The molecule has 1 amide bonds. The van der Waals surface area contributed by atoms with Crippen LogP contribution in [0, 0.1) is 12.8 Å². The van der Waals surface area contributed by atoms with Crippen LogP contribution >= 0.6 is 0 Å². The Bertz CT molecular complexity index is 1100. The number of carboxylic acids is 1. The van der Waals surface area contributed by atoms with E-state index in [-0.39, 0.29) is 5.92 Å². The smallest absolute Gasteiger partial charge is 0.408 e. The normalized spacial score (nSPS) is 15.2. The van der Waals surface area contributed by atoms with E-state index < -0.39 is 47.6 Å². The maximum Gasteiger partial charge on any atom is 0.408 e. The number of aryl methyl sites for hydroxylation is 1. The molecule has 0 aliphatic heterocycles. The molecule has 8 nitrogen and oxygen atoms in total. The summed E-state index contributed by atoms with van der Waals surface area (Å²) in [6, 6.07) is 14.1. The van der Waals surface area contributed by atoms with Gasteiger partial charge in [0.05, 0.1) is 24.4 Å². The van der Waals surface area contributed by atoms with Crippen LogP contribution in [0.15, 0.2) is 48.5 Å². The Labute approximate surface area is 239 Å². The molecule has 0 aliphatic rings. The van der Waals surface area contributed by atoms with Crippen molar-refractivity contribution < 1.29 is 28.9 Å². The molecule has 2 aromatic rings. The zero-order valence-corrected chi connectivity index (χ0v) is 25.7. The molecule has 0 aromatic heterocycles. The van der Waals surface area contributed by atoms with Crippen molar-refractivity contribution in [3.05, 3.63) is 65.2 Å². The number of carbonyl (C=O) groups is 2. The molecule has 0 spiro atoms. The van der Waals surface area contributed by atoms with E-state index in [0.29, 0.717) is 12.3 Å². The highest BCUT2D eigenvalue weighted by atomic mass is 16.6. The molecule has 4 atom stereocenters. The monoisotopic (exact) mass is 556 g/mol. The average molecular weight is 557 g/mol. The van der Waals surface area contributed by atoms with Gasteiger partial charge in [-0.1, -0.05) is 55.8 Å². The molecule has 0 fully saturated rings. The molecule has 40 heavy (non-hydrogen) atoms. The predicted octanol–water partition coefficient (Wildman–Crippen LogP) is 6.87. The van der Waals surface area contributed by atoms with Gasteiger partial charge in [-0.3, -0.25) is 0 Å². The Morgan fingerprint density at radius 3 is 2.08 bits per heavy atom. The molecule has 2 unspecified atom stereocenters. The summed E-state index contributed by atoms with van der Waals surface area (Å²) in [5.41, 5.74) is 2.36. The highest BCUT2D eigenvalue weighted by molar-refractivity contribution is 5.77. The van der Waals surface area contributed by atoms with Gasteiger partial charge < -0.3 is 30.0 Å². The predicted molar refractivity (Wildman–Crippen MR) is 158 cm³/mol. The van der Waals surface area contributed by atoms with Gasteiger partial charge in [-0.05, 0) is 84.6 Å². The maximum absolute atomic E-state index is 13.0. The van der Waals surface area contributed by atoms with E-state index in [9.17, 15) is 14.7 Å². The van der Waals surface area contributed by atoms with Gasteiger partial charge in [0.2, 0.25) is 0 Å². The van der Waals surface area contributed by atoms with E-state index in [2.05, 4.69) is 10.6 Å². The average Bonchev–Trinajstić information content (AvgIpc) is 2.80. The third-order valence-electron chi connectivity index (χ3n) is 6.07. The van der Waals surface area contributed by atoms with E-state index in [4.69, 9.17) is 14.2 Å². The maximum atomic E-state index is 13.0. The number of amides is 1. The van der Waals surface area contributed by atoms with Crippen molar-refractivity contribution in [1.82, 2.24) is 5.32 Å². The van der Waals surface area contributed by atoms with Crippen LogP contribution in [-0.4, -0.2) is 46.6 Å². The minimum absolute atomic E-state index is 0.128. The van der Waals surface area contributed by atoms with Gasteiger partial charge in [0.25, 0.3) is 0 Å². The summed E-state index contributed by atoms with van der Waals surface area (Å²) >= 11 is 0. The number of anilines is 1. The second kappa shape index (κ2) is 14.0. The van der Waals surface area contributed by atoms with Crippen molar-refractivity contribution in [2.45, 2.75) is 111 Å². The molecular weight excluding hydrogens is 508 g/mol. The Hall–Kier alpha value is -3.10. The van der Waals surface area contributed by atoms with Crippen LogP contribution in [0.25, 0.3) is 0 Å². The lowest BCUT2D eigenvalue weighted by molar-refractivity contribution is -0.138. The summed E-state index contributed by atoms with van der Waals surface area (Å²) in [7, 11) is 0. The molecule has 0 radical (unpaired) electrons. The Morgan fingerprint density at radius 2 is 1.55 bits per heavy atom. The van der Waals surface area contributed by atoms with Crippen molar-refractivity contribution in [2.75, 3.05) is 5.32 Å². The number of hydrogen-bond acceptors (Lipinski definition) is 6. The number of carbonyl (C=O) groups excluding carboxylic acids is 1. The molecule has 3 N–H and O–H groups in total. The largest absolute Gasteiger partial charge is 0.480 e. The van der Waals surface area contributed by atoms with E-state index in [0.717, 1.165) is 16.7 Å². The van der Waals surface area contributed by atoms with Crippen molar-refractivity contribution in [1.29, 1.82) is 0 Å². The highest BCUT2D eigenvalue weighted by Crippen LogP contribution is 2.30. The third-order valence-corrected chi connectivity index (χ3v) is 6.07. The second-order valence-corrected chi connectivity index (χ2v) is 12.7. The minimum Gasteiger partial charge on any atom is -0.480 e. The first-order valence-corrected chi connectivity index (χ1v) is 13.9. The van der Waals surface area contributed by atoms with Gasteiger partial charge in [0, 0.05) is 5.69 Å². The van der Waals surface area contributed by atoms with Crippen LogP contribution in [0.3, 0.4) is 0 Å². The van der Waals surface area contributed by atoms with Crippen LogP contribution in [0.5, 0.6) is 0 Å². The lowest BCUT2D eigenvalue weighted by Gasteiger charge is -2.36. The van der Waals surface area contributed by atoms with Crippen LogP contribution in [0.1, 0.15) is 85.1 Å². The third kappa shape index (κ3) is 11.2. The first kappa shape index (κ1) is 33.1. The molecule has 2 aromatic carbocycles. The van der Waals surface area contributed by atoms with Gasteiger partial charge in [-0.2, -0.15) is 0 Å². The lowest BCUT2D eigenvalue weighted by atomic mass is 9.96. The number of alkyl carbamates (subject to hydrolysis) is 1. The lowest BCUT2D eigenvalue weighted by Crippen LogP contribution is -2.51. The van der Waals surface area contributed by atoms with Crippen LogP contribution in [0.4, 0.5) is 10.5 Å². The van der Waals surface area contributed by atoms with Crippen molar-refractivity contribution >= 4 is 17.7 Å².